The highest BCUT2D eigenvalue weighted by molar-refractivity contribution is 6.37. The molecule has 0 aliphatic heterocycles. The molecule has 0 fully saturated rings. The lowest BCUT2D eigenvalue weighted by atomic mass is 10.1. The minimum Gasteiger partial charge on any atom is -0.490 e. The van der Waals surface area contributed by atoms with Gasteiger partial charge in [0.1, 0.15) is 11.9 Å². The van der Waals surface area contributed by atoms with Crippen molar-refractivity contribution >= 4 is 45.9 Å². The maximum absolute atomic E-state index is 9.56. The van der Waals surface area contributed by atoms with E-state index in [9.17, 15) is 5.26 Å². The van der Waals surface area contributed by atoms with Gasteiger partial charge in [0, 0.05) is 0 Å². The molecule has 1 aromatic heterocycles. The predicted octanol–water partition coefficient (Wildman–Crippen LogP) is 6.03. The van der Waals surface area contributed by atoms with Crippen LogP contribution in [0.1, 0.15) is 30.3 Å². The molecule has 1 N–H and O–H groups in total. The monoisotopic (exact) mass is 385 g/mol. The Morgan fingerprint density at radius 2 is 2.00 bits per heavy atom. The second-order valence-electron chi connectivity index (χ2n) is 5.94. The molecule has 1 heterocycles. The number of fused-ring (bicyclic) bond motifs is 1. The van der Waals surface area contributed by atoms with Gasteiger partial charge in [-0.3, -0.25) is 0 Å². The van der Waals surface area contributed by atoms with Gasteiger partial charge < -0.3 is 9.72 Å². The van der Waals surface area contributed by atoms with Crippen LogP contribution in [0.15, 0.2) is 30.3 Å². The van der Waals surface area contributed by atoms with Crippen molar-refractivity contribution in [2.75, 3.05) is 6.61 Å². The number of hydrogen-bond donors (Lipinski definition) is 1. The van der Waals surface area contributed by atoms with Gasteiger partial charge in [-0.25, -0.2) is 4.98 Å². The largest absolute Gasteiger partial charge is 0.490 e. The smallest absolute Gasteiger partial charge is 0.156 e. The SMILES string of the molecule is CCCOc1c(Cl)cc(/C=C(/C#N)c2nc3ccc(C)cc3[nH]2)cc1Cl. The van der Waals surface area contributed by atoms with E-state index in [0.29, 0.717) is 39.4 Å². The number of nitrogens with one attached hydrogen (secondary N) is 1. The van der Waals surface area contributed by atoms with Gasteiger partial charge in [0.15, 0.2) is 5.75 Å². The Morgan fingerprint density at radius 3 is 2.65 bits per heavy atom. The quantitative estimate of drug-likeness (QED) is 0.545. The van der Waals surface area contributed by atoms with Crippen LogP contribution >= 0.6 is 23.2 Å². The minimum atomic E-state index is 0.396. The van der Waals surface area contributed by atoms with E-state index in [2.05, 4.69) is 16.0 Å². The van der Waals surface area contributed by atoms with E-state index in [1.54, 1.807) is 18.2 Å². The van der Waals surface area contributed by atoms with E-state index in [4.69, 9.17) is 27.9 Å². The first-order valence-electron chi connectivity index (χ1n) is 8.22. The van der Waals surface area contributed by atoms with Gasteiger partial charge in [-0.1, -0.05) is 36.2 Å². The first-order chi connectivity index (χ1) is 12.5. The maximum atomic E-state index is 9.56. The van der Waals surface area contributed by atoms with E-state index in [1.807, 2.05) is 32.0 Å². The Kier molecular flexibility index (Phi) is 5.51. The van der Waals surface area contributed by atoms with E-state index in [-0.39, 0.29) is 0 Å². The van der Waals surface area contributed by atoms with Crippen LogP contribution < -0.4 is 4.74 Å². The van der Waals surface area contributed by atoms with Gasteiger partial charge in [0.25, 0.3) is 0 Å². The van der Waals surface area contributed by atoms with Crippen molar-refractivity contribution in [2.45, 2.75) is 20.3 Å². The van der Waals surface area contributed by atoms with E-state index in [1.165, 1.54) is 0 Å². The number of halogens is 2. The highest BCUT2D eigenvalue weighted by Crippen LogP contribution is 2.35. The molecule has 3 rings (SSSR count). The van der Waals surface area contributed by atoms with Crippen LogP contribution in [0.5, 0.6) is 5.75 Å². The molecule has 0 amide bonds. The fourth-order valence-electron chi connectivity index (χ4n) is 2.58. The Morgan fingerprint density at radius 1 is 1.27 bits per heavy atom. The lowest BCUT2D eigenvalue weighted by molar-refractivity contribution is 0.318. The molecule has 2 aromatic carbocycles. The zero-order valence-electron chi connectivity index (χ0n) is 14.4. The Balaban J connectivity index is 1.99. The Labute approximate surface area is 162 Å². The van der Waals surface area contributed by atoms with Crippen LogP contribution in [0.2, 0.25) is 10.0 Å². The number of aryl methyl sites for hydroxylation is 1. The Bertz CT molecular complexity index is 1010. The number of ether oxygens (including phenoxy) is 1. The summed E-state index contributed by atoms with van der Waals surface area (Å²) in [7, 11) is 0. The molecule has 0 atom stereocenters. The van der Waals surface area contributed by atoms with Crippen molar-refractivity contribution in [3.8, 4) is 11.8 Å². The molecule has 0 saturated carbocycles. The summed E-state index contributed by atoms with van der Waals surface area (Å²) in [4.78, 5) is 7.67. The fraction of sp³-hybridized carbons (Fsp3) is 0.200. The van der Waals surface area contributed by atoms with E-state index < -0.39 is 0 Å². The number of rotatable bonds is 5. The second kappa shape index (κ2) is 7.82. The zero-order valence-corrected chi connectivity index (χ0v) is 15.9. The molecule has 4 nitrogen and oxygen atoms in total. The van der Waals surface area contributed by atoms with Crippen molar-refractivity contribution in [3.63, 3.8) is 0 Å². The molecule has 26 heavy (non-hydrogen) atoms. The number of nitriles is 1. The second-order valence-corrected chi connectivity index (χ2v) is 6.75. The molecule has 3 aromatic rings. The highest BCUT2D eigenvalue weighted by Gasteiger charge is 2.12. The lowest BCUT2D eigenvalue weighted by Gasteiger charge is -2.10. The lowest BCUT2D eigenvalue weighted by Crippen LogP contribution is -1.96. The summed E-state index contributed by atoms with van der Waals surface area (Å²) in [6, 6.07) is 11.5. The predicted molar refractivity (Wildman–Crippen MR) is 107 cm³/mol. The number of imidazole rings is 1. The average molecular weight is 386 g/mol. The van der Waals surface area contributed by atoms with Crippen molar-refractivity contribution in [3.05, 3.63) is 57.3 Å². The fourth-order valence-corrected chi connectivity index (χ4v) is 3.19. The van der Waals surface area contributed by atoms with Crippen LogP contribution in [0.4, 0.5) is 0 Å². The van der Waals surface area contributed by atoms with Gasteiger partial charge >= 0.3 is 0 Å². The molecule has 0 radical (unpaired) electrons. The molecular weight excluding hydrogens is 369 g/mol. The molecule has 0 bridgehead atoms. The van der Waals surface area contributed by atoms with Crippen molar-refractivity contribution in [2.24, 2.45) is 0 Å². The summed E-state index contributed by atoms with van der Waals surface area (Å²) in [5, 5.41) is 10.4. The third-order valence-corrected chi connectivity index (χ3v) is 4.36. The summed E-state index contributed by atoms with van der Waals surface area (Å²) < 4.78 is 5.57. The van der Waals surface area contributed by atoms with Crippen LogP contribution in [-0.2, 0) is 0 Å². The van der Waals surface area contributed by atoms with Crippen molar-refractivity contribution in [1.29, 1.82) is 5.26 Å². The number of aromatic nitrogens is 2. The minimum absolute atomic E-state index is 0.396. The summed E-state index contributed by atoms with van der Waals surface area (Å²) in [5.41, 5.74) is 3.92. The van der Waals surface area contributed by atoms with Gasteiger partial charge in [0.2, 0.25) is 0 Å². The van der Waals surface area contributed by atoms with E-state index >= 15 is 0 Å². The highest BCUT2D eigenvalue weighted by atomic mass is 35.5. The summed E-state index contributed by atoms with van der Waals surface area (Å²) in [6.07, 6.45) is 2.56. The molecule has 0 unspecified atom stereocenters. The zero-order chi connectivity index (χ0) is 18.7. The maximum Gasteiger partial charge on any atom is 0.156 e. The summed E-state index contributed by atoms with van der Waals surface area (Å²) in [6.45, 7) is 4.55. The van der Waals surface area contributed by atoms with Gasteiger partial charge in [0.05, 0.1) is 33.3 Å². The van der Waals surface area contributed by atoms with Crippen LogP contribution in [-0.4, -0.2) is 16.6 Å². The molecule has 0 spiro atoms. The third-order valence-electron chi connectivity index (χ3n) is 3.80. The van der Waals surface area contributed by atoms with Crippen molar-refractivity contribution in [1.82, 2.24) is 9.97 Å². The molecule has 132 valence electrons. The normalized spacial score (nSPS) is 11.6. The number of nitrogens with zero attached hydrogens (tertiary/aromatic N) is 2. The summed E-state index contributed by atoms with van der Waals surface area (Å²) in [5.74, 6) is 0.969. The van der Waals surface area contributed by atoms with Crippen molar-refractivity contribution < 1.29 is 4.74 Å². The van der Waals surface area contributed by atoms with E-state index in [0.717, 1.165) is 23.0 Å². The number of benzene rings is 2. The van der Waals surface area contributed by atoms with Crippen LogP contribution in [0.3, 0.4) is 0 Å². The standard InChI is InChI=1S/C20H17Cl2N3O/c1-3-6-26-19-15(21)9-13(10-16(19)22)8-14(11-23)20-24-17-5-4-12(2)7-18(17)25-20/h4-5,7-10H,3,6H2,1-2H3,(H,24,25)/b14-8-. The first-order valence-corrected chi connectivity index (χ1v) is 8.97. The number of hydrogen-bond acceptors (Lipinski definition) is 3. The molecule has 6 heteroatoms. The first kappa shape index (κ1) is 18.3. The number of H-pyrrole nitrogens is 1. The number of allylic oxidation sites excluding steroid dienone is 1. The third kappa shape index (κ3) is 3.85. The van der Waals surface area contributed by atoms with Gasteiger partial charge in [-0.05, 0) is 54.8 Å². The van der Waals surface area contributed by atoms with Gasteiger partial charge in [-0.15, -0.1) is 0 Å². The summed E-state index contributed by atoms with van der Waals surface area (Å²) >= 11 is 12.6. The van der Waals surface area contributed by atoms with Crippen LogP contribution in [0, 0.1) is 18.3 Å². The number of aromatic amines is 1. The Hall–Kier alpha value is -2.48. The molecule has 0 saturated heterocycles. The van der Waals surface area contributed by atoms with Crippen LogP contribution in [0.25, 0.3) is 22.7 Å². The molecular formula is C20H17Cl2N3O. The van der Waals surface area contributed by atoms with Gasteiger partial charge in [-0.2, -0.15) is 5.26 Å². The average Bonchev–Trinajstić information content (AvgIpc) is 3.01. The molecule has 0 aliphatic carbocycles. The molecule has 0 aliphatic rings. The topological polar surface area (TPSA) is 61.7 Å².